The smallest absolute Gasteiger partial charge is 0.243 e. The average molecular weight is 479 g/mol. The van der Waals surface area contributed by atoms with Gasteiger partial charge in [0.25, 0.3) is 0 Å². The number of amides is 1. The molecule has 9 heteroatoms. The Hall–Kier alpha value is -2.23. The summed E-state index contributed by atoms with van der Waals surface area (Å²) in [6, 6.07) is 13.5. The molecule has 0 saturated carbocycles. The van der Waals surface area contributed by atoms with Crippen molar-refractivity contribution in [2.24, 2.45) is 5.92 Å². The van der Waals surface area contributed by atoms with Gasteiger partial charge in [0.2, 0.25) is 15.9 Å². The number of hydrogen-bond donors (Lipinski definition) is 1. The number of benzene rings is 2. The standard InChI is InChI=1S/C23H30N2O5S2/c1-18-9-10-22(19(2)17-18)32(29,30)25-14-11-20(12-15-25)23(26)24-13-6-16-31(27,28)21-7-4-3-5-8-21/h3-5,7-10,17,20H,6,11-16H2,1-2H3,(H,24,26). The van der Waals surface area contributed by atoms with Gasteiger partial charge in [-0.25, -0.2) is 16.8 Å². The second kappa shape index (κ2) is 10.1. The van der Waals surface area contributed by atoms with E-state index in [1.807, 2.05) is 13.0 Å². The van der Waals surface area contributed by atoms with Crippen LogP contribution in [0.4, 0.5) is 0 Å². The topological polar surface area (TPSA) is 101 Å². The minimum atomic E-state index is -3.59. The van der Waals surface area contributed by atoms with E-state index in [9.17, 15) is 21.6 Å². The minimum Gasteiger partial charge on any atom is -0.356 e. The summed E-state index contributed by atoms with van der Waals surface area (Å²) in [6.45, 7) is 4.56. The SMILES string of the molecule is Cc1ccc(S(=O)(=O)N2CCC(C(=O)NCCCS(=O)(=O)c3ccccc3)CC2)c(C)c1. The maximum Gasteiger partial charge on any atom is 0.243 e. The Balaban J connectivity index is 1.47. The Bertz CT molecular complexity index is 1150. The van der Waals surface area contributed by atoms with Crippen molar-refractivity contribution in [3.05, 3.63) is 59.7 Å². The summed E-state index contributed by atoms with van der Waals surface area (Å²) in [4.78, 5) is 13.1. The van der Waals surface area contributed by atoms with Gasteiger partial charge in [-0.05, 0) is 56.9 Å². The van der Waals surface area contributed by atoms with Crippen LogP contribution in [0.15, 0.2) is 58.3 Å². The summed E-state index contributed by atoms with van der Waals surface area (Å²) >= 11 is 0. The third kappa shape index (κ3) is 5.76. The number of nitrogens with one attached hydrogen (secondary N) is 1. The van der Waals surface area contributed by atoms with Gasteiger partial charge in [0.15, 0.2) is 9.84 Å². The van der Waals surface area contributed by atoms with Crippen LogP contribution < -0.4 is 5.32 Å². The molecule has 2 aromatic rings. The van der Waals surface area contributed by atoms with Gasteiger partial charge in [0, 0.05) is 25.6 Å². The van der Waals surface area contributed by atoms with E-state index in [1.165, 1.54) is 4.31 Å². The lowest BCUT2D eigenvalue weighted by Gasteiger charge is -2.31. The molecule has 1 saturated heterocycles. The van der Waals surface area contributed by atoms with Crippen molar-refractivity contribution >= 4 is 25.8 Å². The number of sulfonamides is 1. The lowest BCUT2D eigenvalue weighted by atomic mass is 9.97. The van der Waals surface area contributed by atoms with Crippen LogP contribution in [0.1, 0.15) is 30.4 Å². The van der Waals surface area contributed by atoms with E-state index in [0.717, 1.165) is 11.1 Å². The average Bonchev–Trinajstić information content (AvgIpc) is 2.77. The zero-order valence-electron chi connectivity index (χ0n) is 18.5. The molecule has 3 rings (SSSR count). The number of nitrogens with zero attached hydrogens (tertiary/aromatic N) is 1. The van der Waals surface area contributed by atoms with E-state index >= 15 is 0 Å². The van der Waals surface area contributed by atoms with Gasteiger partial charge >= 0.3 is 0 Å². The molecule has 0 unspecified atom stereocenters. The molecular formula is C23H30N2O5S2. The van der Waals surface area contributed by atoms with Gasteiger partial charge in [0.1, 0.15) is 0 Å². The Morgan fingerprint density at radius 2 is 1.66 bits per heavy atom. The van der Waals surface area contributed by atoms with Crippen LogP contribution in [0.25, 0.3) is 0 Å². The van der Waals surface area contributed by atoms with Crippen molar-refractivity contribution < 1.29 is 21.6 Å². The fourth-order valence-corrected chi connectivity index (χ4v) is 6.96. The summed E-state index contributed by atoms with van der Waals surface area (Å²) in [5.74, 6) is -0.457. The Morgan fingerprint density at radius 1 is 1.00 bits per heavy atom. The normalized spacial score (nSPS) is 16.1. The predicted molar refractivity (Wildman–Crippen MR) is 124 cm³/mol. The van der Waals surface area contributed by atoms with Crippen molar-refractivity contribution in [1.29, 1.82) is 0 Å². The molecule has 174 valence electrons. The van der Waals surface area contributed by atoms with Crippen LogP contribution in [-0.2, 0) is 24.7 Å². The molecule has 1 aliphatic heterocycles. The maximum absolute atomic E-state index is 13.0. The number of hydrogen-bond acceptors (Lipinski definition) is 5. The Kier molecular flexibility index (Phi) is 7.74. The Labute approximate surface area is 190 Å². The number of carbonyl (C=O) groups excluding carboxylic acids is 1. The first-order valence-corrected chi connectivity index (χ1v) is 13.8. The van der Waals surface area contributed by atoms with Crippen molar-refractivity contribution in [3.8, 4) is 0 Å². The molecule has 2 aromatic carbocycles. The lowest BCUT2D eigenvalue weighted by molar-refractivity contribution is -0.126. The molecule has 1 N–H and O–H groups in total. The molecule has 7 nitrogen and oxygen atoms in total. The van der Waals surface area contributed by atoms with Gasteiger partial charge in [-0.3, -0.25) is 4.79 Å². The first kappa shape index (κ1) is 24.4. The third-order valence-corrected chi connectivity index (χ3v) is 9.64. The van der Waals surface area contributed by atoms with Crippen LogP contribution >= 0.6 is 0 Å². The molecule has 0 aromatic heterocycles. The van der Waals surface area contributed by atoms with Gasteiger partial charge in [-0.15, -0.1) is 0 Å². The monoisotopic (exact) mass is 478 g/mol. The number of rotatable bonds is 8. The summed E-state index contributed by atoms with van der Waals surface area (Å²) in [7, 11) is -6.95. The van der Waals surface area contributed by atoms with Crippen LogP contribution in [0.2, 0.25) is 0 Å². The lowest BCUT2D eigenvalue weighted by Crippen LogP contribution is -2.43. The fraction of sp³-hybridized carbons (Fsp3) is 0.435. The second-order valence-electron chi connectivity index (χ2n) is 8.22. The summed E-state index contributed by atoms with van der Waals surface area (Å²) < 4.78 is 52.0. The quantitative estimate of drug-likeness (QED) is 0.588. The van der Waals surface area contributed by atoms with E-state index < -0.39 is 19.9 Å². The molecule has 0 spiro atoms. The molecule has 1 fully saturated rings. The molecule has 0 bridgehead atoms. The van der Waals surface area contributed by atoms with Crippen LogP contribution in [0.5, 0.6) is 0 Å². The van der Waals surface area contributed by atoms with E-state index in [4.69, 9.17) is 0 Å². The van der Waals surface area contributed by atoms with Crippen LogP contribution in [0.3, 0.4) is 0 Å². The molecule has 0 aliphatic carbocycles. The van der Waals surface area contributed by atoms with E-state index in [-0.39, 0.29) is 42.1 Å². The fourth-order valence-electron chi connectivity index (χ4n) is 3.95. The minimum absolute atomic E-state index is 0.0378. The first-order valence-electron chi connectivity index (χ1n) is 10.7. The molecule has 1 amide bonds. The molecule has 1 aliphatic rings. The number of sulfone groups is 1. The third-order valence-electron chi connectivity index (χ3n) is 5.76. The molecule has 32 heavy (non-hydrogen) atoms. The highest BCUT2D eigenvalue weighted by Gasteiger charge is 2.32. The van der Waals surface area contributed by atoms with Gasteiger partial charge in [-0.1, -0.05) is 35.9 Å². The Morgan fingerprint density at radius 3 is 2.28 bits per heavy atom. The predicted octanol–water partition coefficient (Wildman–Crippen LogP) is 2.68. The van der Waals surface area contributed by atoms with Gasteiger partial charge in [-0.2, -0.15) is 4.31 Å². The van der Waals surface area contributed by atoms with Gasteiger partial charge < -0.3 is 5.32 Å². The van der Waals surface area contributed by atoms with Crippen molar-refractivity contribution in [2.75, 3.05) is 25.4 Å². The highest BCUT2D eigenvalue weighted by Crippen LogP contribution is 2.26. The molecule has 0 radical (unpaired) electrons. The summed E-state index contributed by atoms with van der Waals surface area (Å²) in [5.41, 5.74) is 1.73. The molecule has 1 heterocycles. The van der Waals surface area contributed by atoms with Crippen molar-refractivity contribution in [3.63, 3.8) is 0 Å². The summed E-state index contributed by atoms with van der Waals surface area (Å²) in [6.07, 6.45) is 1.21. The van der Waals surface area contributed by atoms with E-state index in [0.29, 0.717) is 24.2 Å². The largest absolute Gasteiger partial charge is 0.356 e. The second-order valence-corrected chi connectivity index (χ2v) is 12.2. The van der Waals surface area contributed by atoms with E-state index in [1.54, 1.807) is 49.4 Å². The molecular weight excluding hydrogens is 448 g/mol. The summed E-state index contributed by atoms with van der Waals surface area (Å²) in [5, 5.41) is 2.81. The highest BCUT2D eigenvalue weighted by molar-refractivity contribution is 7.91. The van der Waals surface area contributed by atoms with Crippen LogP contribution in [0, 0.1) is 19.8 Å². The van der Waals surface area contributed by atoms with Gasteiger partial charge in [0.05, 0.1) is 15.5 Å². The van der Waals surface area contributed by atoms with Crippen LogP contribution in [-0.4, -0.2) is 52.4 Å². The number of aryl methyl sites for hydroxylation is 2. The number of carbonyl (C=O) groups is 1. The maximum atomic E-state index is 13.0. The van der Waals surface area contributed by atoms with E-state index in [2.05, 4.69) is 5.32 Å². The zero-order chi connectivity index (χ0) is 23.4. The number of piperidine rings is 1. The zero-order valence-corrected chi connectivity index (χ0v) is 20.1. The molecule has 0 atom stereocenters. The van der Waals surface area contributed by atoms with Crippen molar-refractivity contribution in [2.45, 2.75) is 42.9 Å². The first-order chi connectivity index (χ1) is 15.1. The van der Waals surface area contributed by atoms with Crippen molar-refractivity contribution in [1.82, 2.24) is 9.62 Å². The highest BCUT2D eigenvalue weighted by atomic mass is 32.2.